The maximum absolute atomic E-state index is 12.1. The summed E-state index contributed by atoms with van der Waals surface area (Å²) in [5.74, 6) is 1.22. The Morgan fingerprint density at radius 2 is 1.86 bits per heavy atom. The summed E-state index contributed by atoms with van der Waals surface area (Å²) in [7, 11) is 3.12. The van der Waals surface area contributed by atoms with Gasteiger partial charge in [-0.3, -0.25) is 4.79 Å². The molecule has 2 rings (SSSR count). The van der Waals surface area contributed by atoms with E-state index in [4.69, 9.17) is 9.47 Å². The lowest BCUT2D eigenvalue weighted by Gasteiger charge is -2.20. The van der Waals surface area contributed by atoms with Crippen LogP contribution in [0.2, 0.25) is 0 Å². The first-order chi connectivity index (χ1) is 10.3. The highest BCUT2D eigenvalue weighted by atomic mass is 16.5. The van der Waals surface area contributed by atoms with Crippen molar-refractivity contribution in [3.05, 3.63) is 45.9 Å². The van der Waals surface area contributed by atoms with Crippen molar-refractivity contribution in [2.75, 3.05) is 14.2 Å². The van der Waals surface area contributed by atoms with Crippen LogP contribution in [0, 0.1) is 6.92 Å². The molecule has 6 nitrogen and oxygen atoms in total. The number of rotatable bonds is 4. The van der Waals surface area contributed by atoms with Gasteiger partial charge in [-0.2, -0.15) is 5.10 Å². The smallest absolute Gasteiger partial charge is 0.206 e. The Kier molecular flexibility index (Phi) is 4.23. The predicted molar refractivity (Wildman–Crippen MR) is 82.9 cm³/mol. The van der Waals surface area contributed by atoms with Crippen molar-refractivity contribution < 1.29 is 14.6 Å². The molecular formula is C16H20N2O4. The first kappa shape index (κ1) is 16.0. The monoisotopic (exact) mass is 304 g/mol. The van der Waals surface area contributed by atoms with Crippen LogP contribution in [-0.2, 0) is 5.60 Å². The van der Waals surface area contributed by atoms with Crippen molar-refractivity contribution >= 4 is 0 Å². The maximum Gasteiger partial charge on any atom is 0.206 e. The molecule has 0 bridgehead atoms. The second-order valence-corrected chi connectivity index (χ2v) is 5.51. The van der Waals surface area contributed by atoms with Crippen molar-refractivity contribution in [1.82, 2.24) is 9.78 Å². The molecule has 0 amide bonds. The molecule has 6 heteroatoms. The number of aromatic nitrogens is 2. The highest BCUT2D eigenvalue weighted by molar-refractivity contribution is 5.51. The van der Waals surface area contributed by atoms with Gasteiger partial charge >= 0.3 is 0 Å². The van der Waals surface area contributed by atoms with Gasteiger partial charge in [-0.1, -0.05) is 0 Å². The molecule has 0 aliphatic rings. The van der Waals surface area contributed by atoms with E-state index >= 15 is 0 Å². The summed E-state index contributed by atoms with van der Waals surface area (Å²) in [6.45, 7) is 4.82. The minimum absolute atomic E-state index is 0.0722. The second kappa shape index (κ2) is 5.81. The van der Waals surface area contributed by atoms with Gasteiger partial charge in [-0.15, -0.1) is 0 Å². The van der Waals surface area contributed by atoms with Gasteiger partial charge in [-0.25, -0.2) is 4.68 Å². The molecule has 0 atom stereocenters. The van der Waals surface area contributed by atoms with Gasteiger partial charge in [0.05, 0.1) is 14.2 Å². The van der Waals surface area contributed by atoms with Crippen LogP contribution in [0.5, 0.6) is 11.5 Å². The fourth-order valence-electron chi connectivity index (χ4n) is 2.18. The molecule has 0 radical (unpaired) electrons. The number of methoxy groups -OCH3 is 2. The van der Waals surface area contributed by atoms with Gasteiger partial charge in [0, 0.05) is 17.8 Å². The fraction of sp³-hybridized carbons (Fsp3) is 0.375. The van der Waals surface area contributed by atoms with Crippen LogP contribution in [0.4, 0.5) is 0 Å². The number of benzene rings is 1. The van der Waals surface area contributed by atoms with Crippen molar-refractivity contribution in [3.63, 3.8) is 0 Å². The zero-order chi connectivity index (χ0) is 16.5. The third-order valence-corrected chi connectivity index (χ3v) is 3.30. The van der Waals surface area contributed by atoms with E-state index in [1.165, 1.54) is 19.9 Å². The molecule has 0 saturated carbocycles. The summed E-state index contributed by atoms with van der Waals surface area (Å²) in [5.41, 5.74) is -0.306. The average molecular weight is 304 g/mol. The summed E-state index contributed by atoms with van der Waals surface area (Å²) in [5, 5.41) is 14.4. The van der Waals surface area contributed by atoms with Gasteiger partial charge in [0.1, 0.15) is 28.5 Å². The zero-order valence-corrected chi connectivity index (χ0v) is 13.4. The Morgan fingerprint density at radius 3 is 2.41 bits per heavy atom. The van der Waals surface area contributed by atoms with E-state index in [0.29, 0.717) is 22.9 Å². The van der Waals surface area contributed by atoms with Crippen LogP contribution >= 0.6 is 0 Å². The third-order valence-electron chi connectivity index (χ3n) is 3.30. The number of ether oxygens (including phenoxy) is 2. The Balaban J connectivity index is 2.75. The molecular weight excluding hydrogens is 284 g/mol. The quantitative estimate of drug-likeness (QED) is 0.932. The van der Waals surface area contributed by atoms with E-state index in [-0.39, 0.29) is 11.1 Å². The predicted octanol–water partition coefficient (Wildman–Crippen LogP) is 1.79. The highest BCUT2D eigenvalue weighted by Gasteiger charge is 2.24. The van der Waals surface area contributed by atoms with E-state index in [2.05, 4.69) is 5.10 Å². The van der Waals surface area contributed by atoms with Crippen LogP contribution in [0.3, 0.4) is 0 Å². The van der Waals surface area contributed by atoms with E-state index in [9.17, 15) is 9.90 Å². The number of hydrogen-bond acceptors (Lipinski definition) is 5. The molecule has 0 fully saturated rings. The molecule has 0 spiro atoms. The lowest BCUT2D eigenvalue weighted by atomic mass is 10.0. The summed E-state index contributed by atoms with van der Waals surface area (Å²) in [6, 6.07) is 6.74. The Morgan fingerprint density at radius 1 is 1.18 bits per heavy atom. The summed E-state index contributed by atoms with van der Waals surface area (Å²) in [6.07, 6.45) is 0. The number of aliphatic hydroxyl groups is 1. The Bertz CT molecular complexity index is 745. The number of aryl methyl sites for hydroxylation is 1. The molecule has 2 aromatic rings. The number of hydrogen-bond donors (Lipinski definition) is 1. The third kappa shape index (κ3) is 2.96. The van der Waals surface area contributed by atoms with Gasteiger partial charge in [0.2, 0.25) is 5.43 Å². The van der Waals surface area contributed by atoms with E-state index in [0.717, 1.165) is 0 Å². The first-order valence-electron chi connectivity index (χ1n) is 6.84. The normalized spacial score (nSPS) is 11.4. The van der Waals surface area contributed by atoms with Gasteiger partial charge in [-0.05, 0) is 32.9 Å². The van der Waals surface area contributed by atoms with Crippen LogP contribution in [0.1, 0.15) is 25.2 Å². The minimum Gasteiger partial charge on any atom is -0.497 e. The molecule has 0 saturated heterocycles. The van der Waals surface area contributed by atoms with Crippen LogP contribution < -0.4 is 14.9 Å². The van der Waals surface area contributed by atoms with Crippen LogP contribution in [-0.4, -0.2) is 29.1 Å². The van der Waals surface area contributed by atoms with E-state index in [1.807, 2.05) is 0 Å². The Hall–Kier alpha value is -2.34. The highest BCUT2D eigenvalue weighted by Crippen LogP contribution is 2.28. The van der Waals surface area contributed by atoms with Gasteiger partial charge in [0.25, 0.3) is 0 Å². The summed E-state index contributed by atoms with van der Waals surface area (Å²) >= 11 is 0. The lowest BCUT2D eigenvalue weighted by Crippen LogP contribution is -2.30. The largest absolute Gasteiger partial charge is 0.497 e. The SMILES string of the molecule is COc1ccc(OC)c(-n2nc(C(C)(C)O)c(=O)cc2C)c1. The molecule has 118 valence electrons. The van der Waals surface area contributed by atoms with Crippen molar-refractivity contribution in [1.29, 1.82) is 0 Å². The minimum atomic E-state index is -1.33. The molecule has 0 aliphatic carbocycles. The van der Waals surface area contributed by atoms with Crippen molar-refractivity contribution in [2.45, 2.75) is 26.4 Å². The van der Waals surface area contributed by atoms with Crippen LogP contribution in [0.25, 0.3) is 5.69 Å². The summed E-state index contributed by atoms with van der Waals surface area (Å²) in [4.78, 5) is 12.1. The Labute approximate surface area is 128 Å². The van der Waals surface area contributed by atoms with E-state index < -0.39 is 5.60 Å². The van der Waals surface area contributed by atoms with Crippen molar-refractivity contribution in [3.8, 4) is 17.2 Å². The molecule has 0 unspecified atom stereocenters. The second-order valence-electron chi connectivity index (χ2n) is 5.51. The summed E-state index contributed by atoms with van der Waals surface area (Å²) < 4.78 is 12.1. The molecule has 1 heterocycles. The van der Waals surface area contributed by atoms with Crippen molar-refractivity contribution in [2.24, 2.45) is 0 Å². The van der Waals surface area contributed by atoms with Gasteiger partial charge in [0.15, 0.2) is 0 Å². The standard InChI is InChI=1S/C16H20N2O4/c1-10-8-13(19)15(16(2,3)20)17-18(10)12-9-11(21-4)6-7-14(12)22-5/h6-9,20H,1-5H3. The van der Waals surface area contributed by atoms with Crippen LogP contribution in [0.15, 0.2) is 29.1 Å². The topological polar surface area (TPSA) is 73.6 Å². The zero-order valence-electron chi connectivity index (χ0n) is 13.4. The fourth-order valence-corrected chi connectivity index (χ4v) is 2.18. The van der Waals surface area contributed by atoms with Gasteiger partial charge < -0.3 is 14.6 Å². The maximum atomic E-state index is 12.1. The molecule has 0 aliphatic heterocycles. The molecule has 1 aromatic heterocycles. The molecule has 1 N–H and O–H groups in total. The average Bonchev–Trinajstić information content (AvgIpc) is 2.45. The first-order valence-corrected chi connectivity index (χ1v) is 6.84. The molecule has 22 heavy (non-hydrogen) atoms. The molecule has 1 aromatic carbocycles. The lowest BCUT2D eigenvalue weighted by molar-refractivity contribution is 0.0709. The van der Waals surface area contributed by atoms with E-state index in [1.54, 1.807) is 44.0 Å². The number of nitrogens with zero attached hydrogens (tertiary/aromatic N) is 2.